The summed E-state index contributed by atoms with van der Waals surface area (Å²) in [4.78, 5) is 8.32. The average Bonchev–Trinajstić information content (AvgIpc) is 2.45. The molecule has 0 spiro atoms. The van der Waals surface area contributed by atoms with Crippen LogP contribution < -0.4 is 0 Å². The summed E-state index contributed by atoms with van der Waals surface area (Å²) >= 11 is 6.07. The minimum atomic E-state index is 0.527. The van der Waals surface area contributed by atoms with Crippen molar-refractivity contribution in [3.8, 4) is 0 Å². The van der Waals surface area contributed by atoms with Crippen LogP contribution in [0.4, 0.5) is 0 Å². The Labute approximate surface area is 119 Å². The number of hydrogen-bond donors (Lipinski definition) is 0. The van der Waals surface area contributed by atoms with Crippen LogP contribution in [0.5, 0.6) is 0 Å². The highest BCUT2D eigenvalue weighted by Crippen LogP contribution is 2.22. The molecule has 19 heavy (non-hydrogen) atoms. The molecule has 0 bridgehead atoms. The number of aromatic nitrogens is 2. The van der Waals surface area contributed by atoms with Gasteiger partial charge in [0, 0.05) is 10.9 Å². The molecular formula is C15H21ClN3+. The van der Waals surface area contributed by atoms with Crippen LogP contribution in [-0.4, -0.2) is 34.1 Å². The lowest BCUT2D eigenvalue weighted by atomic mass is 10.1. The average molecular weight is 279 g/mol. The molecule has 0 saturated heterocycles. The molecule has 0 unspecified atom stereocenters. The maximum absolute atomic E-state index is 6.07. The fourth-order valence-electron chi connectivity index (χ4n) is 2.56. The van der Waals surface area contributed by atoms with Crippen molar-refractivity contribution < 1.29 is 4.48 Å². The summed E-state index contributed by atoms with van der Waals surface area (Å²) in [5, 5.41) is 1.45. The second-order valence-corrected chi connectivity index (χ2v) is 5.32. The lowest BCUT2D eigenvalue weighted by Gasteiger charge is -2.35. The van der Waals surface area contributed by atoms with E-state index in [4.69, 9.17) is 11.6 Å². The Morgan fingerprint density at radius 3 is 2.37 bits per heavy atom. The van der Waals surface area contributed by atoms with E-state index < -0.39 is 0 Å². The summed E-state index contributed by atoms with van der Waals surface area (Å²) in [5.41, 5.74) is 2.24. The van der Waals surface area contributed by atoms with Gasteiger partial charge in [-0.1, -0.05) is 17.7 Å². The zero-order valence-corrected chi connectivity index (χ0v) is 12.6. The number of nitrogens with zero attached hydrogens (tertiary/aromatic N) is 3. The molecule has 3 nitrogen and oxygen atoms in total. The lowest BCUT2D eigenvalue weighted by Crippen LogP contribution is -2.46. The predicted octanol–water partition coefficient (Wildman–Crippen LogP) is 3.66. The van der Waals surface area contributed by atoms with Crippen LogP contribution in [-0.2, 0) is 6.54 Å². The minimum Gasteiger partial charge on any atom is -0.321 e. The van der Waals surface area contributed by atoms with Gasteiger partial charge < -0.3 is 4.48 Å². The van der Waals surface area contributed by atoms with Crippen LogP contribution in [0, 0.1) is 0 Å². The first-order chi connectivity index (χ1) is 9.14. The first kappa shape index (κ1) is 14.2. The Hall–Kier alpha value is -1.19. The van der Waals surface area contributed by atoms with Gasteiger partial charge in [0.25, 0.3) is 0 Å². The van der Waals surface area contributed by atoms with Gasteiger partial charge in [-0.3, -0.25) is 0 Å². The summed E-state index contributed by atoms with van der Waals surface area (Å²) in [6.07, 6.45) is 1.52. The van der Waals surface area contributed by atoms with Gasteiger partial charge in [-0.15, -0.1) is 0 Å². The van der Waals surface area contributed by atoms with Gasteiger partial charge in [0.1, 0.15) is 18.0 Å². The van der Waals surface area contributed by atoms with E-state index in [1.54, 1.807) is 0 Å². The van der Waals surface area contributed by atoms with Crippen molar-refractivity contribution >= 4 is 22.5 Å². The van der Waals surface area contributed by atoms with Crippen molar-refractivity contribution in [1.82, 2.24) is 9.97 Å². The molecule has 0 aliphatic rings. The summed E-state index contributed by atoms with van der Waals surface area (Å²) < 4.78 is 1.10. The smallest absolute Gasteiger partial charge is 0.140 e. The molecule has 4 heteroatoms. The molecule has 2 rings (SSSR count). The van der Waals surface area contributed by atoms with E-state index in [2.05, 4.69) is 42.9 Å². The number of rotatable bonds is 5. The molecule has 0 saturated carbocycles. The fraction of sp³-hybridized carbons (Fsp3) is 0.467. The van der Waals surface area contributed by atoms with Gasteiger partial charge in [-0.2, -0.15) is 0 Å². The van der Waals surface area contributed by atoms with Crippen molar-refractivity contribution in [1.29, 1.82) is 0 Å². The molecule has 0 atom stereocenters. The van der Waals surface area contributed by atoms with Crippen molar-refractivity contribution in [3.63, 3.8) is 0 Å². The summed E-state index contributed by atoms with van der Waals surface area (Å²) in [5.74, 6) is 0. The second-order valence-electron chi connectivity index (χ2n) is 4.96. The summed E-state index contributed by atoms with van der Waals surface area (Å²) in [7, 11) is 0. The van der Waals surface area contributed by atoms with E-state index in [9.17, 15) is 0 Å². The molecule has 1 aromatic heterocycles. The number of benzene rings is 1. The van der Waals surface area contributed by atoms with E-state index >= 15 is 0 Å². The van der Waals surface area contributed by atoms with E-state index in [0.29, 0.717) is 5.15 Å². The lowest BCUT2D eigenvalue weighted by molar-refractivity contribution is -0.936. The van der Waals surface area contributed by atoms with Gasteiger partial charge in [0.05, 0.1) is 25.2 Å². The van der Waals surface area contributed by atoms with Crippen molar-refractivity contribution in [2.75, 3.05) is 19.6 Å². The minimum absolute atomic E-state index is 0.527. The molecule has 1 heterocycles. The quantitative estimate of drug-likeness (QED) is 0.616. The Bertz CT molecular complexity index is 556. The summed E-state index contributed by atoms with van der Waals surface area (Å²) in [6.45, 7) is 11.3. The Balaban J connectivity index is 2.36. The zero-order chi connectivity index (χ0) is 13.9. The van der Waals surface area contributed by atoms with Crippen LogP contribution in [0.3, 0.4) is 0 Å². The van der Waals surface area contributed by atoms with Crippen LogP contribution in [0.2, 0.25) is 5.15 Å². The number of fused-ring (bicyclic) bond motifs is 1. The highest BCUT2D eigenvalue weighted by molar-refractivity contribution is 6.33. The van der Waals surface area contributed by atoms with Crippen LogP contribution in [0.1, 0.15) is 26.3 Å². The van der Waals surface area contributed by atoms with Gasteiger partial charge in [-0.05, 0) is 32.9 Å². The van der Waals surface area contributed by atoms with Crippen molar-refractivity contribution in [2.24, 2.45) is 0 Å². The third kappa shape index (κ3) is 2.88. The van der Waals surface area contributed by atoms with Crippen molar-refractivity contribution in [3.05, 3.63) is 35.2 Å². The van der Waals surface area contributed by atoms with E-state index in [-0.39, 0.29) is 0 Å². The Morgan fingerprint density at radius 1 is 1.05 bits per heavy atom. The SMILES string of the molecule is CC[N+](CC)(CC)Cc1ccc2c(Cl)ncnc2c1. The molecular weight excluding hydrogens is 258 g/mol. The third-order valence-electron chi connectivity index (χ3n) is 4.18. The summed E-state index contributed by atoms with van der Waals surface area (Å²) in [6, 6.07) is 6.31. The Morgan fingerprint density at radius 2 is 1.74 bits per heavy atom. The second kappa shape index (κ2) is 5.85. The highest BCUT2D eigenvalue weighted by Gasteiger charge is 2.21. The molecule has 102 valence electrons. The molecule has 0 amide bonds. The molecule has 0 N–H and O–H groups in total. The number of hydrogen-bond acceptors (Lipinski definition) is 2. The maximum Gasteiger partial charge on any atom is 0.140 e. The van der Waals surface area contributed by atoms with E-state index in [0.717, 1.165) is 41.6 Å². The molecule has 2 aromatic rings. The first-order valence-electron chi connectivity index (χ1n) is 6.88. The molecule has 0 aliphatic heterocycles. The monoisotopic (exact) mass is 278 g/mol. The highest BCUT2D eigenvalue weighted by atomic mass is 35.5. The van der Waals surface area contributed by atoms with Crippen LogP contribution >= 0.6 is 11.6 Å². The van der Waals surface area contributed by atoms with E-state index in [1.165, 1.54) is 11.9 Å². The van der Waals surface area contributed by atoms with Crippen molar-refractivity contribution in [2.45, 2.75) is 27.3 Å². The molecule has 0 fully saturated rings. The van der Waals surface area contributed by atoms with Crippen LogP contribution in [0.15, 0.2) is 24.5 Å². The normalized spacial score (nSPS) is 12.0. The third-order valence-corrected chi connectivity index (χ3v) is 4.48. The fourth-order valence-corrected chi connectivity index (χ4v) is 2.77. The van der Waals surface area contributed by atoms with Gasteiger partial charge in [0.2, 0.25) is 0 Å². The molecule has 0 aliphatic carbocycles. The Kier molecular flexibility index (Phi) is 4.38. The largest absolute Gasteiger partial charge is 0.321 e. The standard InChI is InChI=1S/C15H21ClN3/c1-4-19(5-2,6-3)10-12-7-8-13-14(9-12)17-11-18-15(13)16/h7-9,11H,4-6,10H2,1-3H3/q+1. The van der Waals surface area contributed by atoms with Gasteiger partial charge >= 0.3 is 0 Å². The predicted molar refractivity (Wildman–Crippen MR) is 80.1 cm³/mol. The maximum atomic E-state index is 6.07. The van der Waals surface area contributed by atoms with Gasteiger partial charge in [0.15, 0.2) is 0 Å². The van der Waals surface area contributed by atoms with Crippen LogP contribution in [0.25, 0.3) is 10.9 Å². The number of quaternary nitrogens is 1. The topological polar surface area (TPSA) is 25.8 Å². The molecule has 0 radical (unpaired) electrons. The number of halogens is 1. The zero-order valence-electron chi connectivity index (χ0n) is 11.9. The van der Waals surface area contributed by atoms with E-state index in [1.807, 2.05) is 6.07 Å². The van der Waals surface area contributed by atoms with Gasteiger partial charge in [-0.25, -0.2) is 9.97 Å². The first-order valence-corrected chi connectivity index (χ1v) is 7.26. The molecule has 1 aromatic carbocycles.